The summed E-state index contributed by atoms with van der Waals surface area (Å²) in [6, 6.07) is 7.35. The predicted molar refractivity (Wildman–Crippen MR) is 116 cm³/mol. The van der Waals surface area contributed by atoms with Gasteiger partial charge in [0.05, 0.1) is 25.5 Å². The van der Waals surface area contributed by atoms with Crippen LogP contribution in [0.2, 0.25) is 10.0 Å². The highest BCUT2D eigenvalue weighted by Gasteiger charge is 2.28. The lowest BCUT2D eigenvalue weighted by Crippen LogP contribution is -2.16. The summed E-state index contributed by atoms with van der Waals surface area (Å²) in [6.07, 6.45) is 3.43. The molecule has 3 aromatic rings. The maximum atomic E-state index is 13.7. The molecule has 4 rings (SSSR count). The number of aryl methyl sites for hydroxylation is 1. The van der Waals surface area contributed by atoms with Crippen molar-refractivity contribution in [3.8, 4) is 0 Å². The Bertz CT molecular complexity index is 1220. The number of rotatable bonds is 6. The Balaban J connectivity index is 1.78. The lowest BCUT2D eigenvalue weighted by molar-refractivity contribution is 0.627. The third-order valence-corrected chi connectivity index (χ3v) is 6.65. The van der Waals surface area contributed by atoms with E-state index in [1.54, 1.807) is 25.1 Å². The molecule has 2 aromatic heterocycles. The van der Waals surface area contributed by atoms with Crippen molar-refractivity contribution in [3.05, 3.63) is 69.0 Å². The van der Waals surface area contributed by atoms with E-state index in [2.05, 4.69) is 20.3 Å². The summed E-state index contributed by atoms with van der Waals surface area (Å²) in [6.45, 7) is 1.71. The SMILES string of the molecule is Cc1[nH]c(C(Nc2ccc(Cl)c(C3CC3)n2)c2ccc(F)c(Cl)c2)nc1S(C)(=N)=O. The van der Waals surface area contributed by atoms with Gasteiger partial charge in [0.25, 0.3) is 0 Å². The Kier molecular flexibility index (Phi) is 5.50. The smallest absolute Gasteiger partial charge is 0.156 e. The zero-order valence-corrected chi connectivity index (χ0v) is 18.6. The average Bonchev–Trinajstić information content (AvgIpc) is 3.44. The predicted octanol–water partition coefficient (Wildman–Crippen LogP) is 5.67. The summed E-state index contributed by atoms with van der Waals surface area (Å²) in [5.41, 5.74) is 2.02. The van der Waals surface area contributed by atoms with Gasteiger partial charge in [0.1, 0.15) is 23.5 Å². The number of aromatic amines is 1. The number of pyridine rings is 1. The molecule has 2 atom stereocenters. The van der Waals surface area contributed by atoms with E-state index in [4.69, 9.17) is 28.0 Å². The van der Waals surface area contributed by atoms with Crippen molar-refractivity contribution in [1.29, 1.82) is 4.78 Å². The molecule has 10 heteroatoms. The van der Waals surface area contributed by atoms with Gasteiger partial charge in [0.15, 0.2) is 5.03 Å². The van der Waals surface area contributed by atoms with Crippen LogP contribution in [-0.2, 0) is 9.73 Å². The maximum Gasteiger partial charge on any atom is 0.156 e. The highest BCUT2D eigenvalue weighted by Crippen LogP contribution is 2.42. The monoisotopic (exact) mass is 467 g/mol. The molecule has 1 fully saturated rings. The van der Waals surface area contributed by atoms with Gasteiger partial charge < -0.3 is 10.3 Å². The Labute approximate surface area is 184 Å². The fourth-order valence-electron chi connectivity index (χ4n) is 3.31. The minimum Gasteiger partial charge on any atom is -0.356 e. The Morgan fingerprint density at radius 3 is 2.57 bits per heavy atom. The van der Waals surface area contributed by atoms with Gasteiger partial charge in [0.2, 0.25) is 0 Å². The van der Waals surface area contributed by atoms with E-state index < -0.39 is 21.6 Å². The first kappa shape index (κ1) is 21.1. The summed E-state index contributed by atoms with van der Waals surface area (Å²) in [7, 11) is -3.02. The molecule has 2 heterocycles. The van der Waals surface area contributed by atoms with Gasteiger partial charge in [-0.05, 0) is 49.6 Å². The lowest BCUT2D eigenvalue weighted by Gasteiger charge is -2.19. The zero-order valence-electron chi connectivity index (χ0n) is 16.3. The molecule has 0 bridgehead atoms. The second-order valence-electron chi connectivity index (χ2n) is 7.48. The molecule has 1 aromatic carbocycles. The van der Waals surface area contributed by atoms with Gasteiger partial charge in [-0.2, -0.15) is 0 Å². The van der Waals surface area contributed by atoms with Gasteiger partial charge in [-0.25, -0.2) is 23.3 Å². The minimum absolute atomic E-state index is 0.0229. The molecule has 1 aliphatic carbocycles. The van der Waals surface area contributed by atoms with Crippen LogP contribution >= 0.6 is 23.2 Å². The molecular formula is C20H20Cl2FN5OS. The molecule has 158 valence electrons. The van der Waals surface area contributed by atoms with E-state index in [-0.39, 0.29) is 10.0 Å². The van der Waals surface area contributed by atoms with Gasteiger partial charge in [0, 0.05) is 17.9 Å². The number of halogens is 3. The molecule has 0 amide bonds. The van der Waals surface area contributed by atoms with Gasteiger partial charge >= 0.3 is 0 Å². The molecule has 0 spiro atoms. The molecule has 0 radical (unpaired) electrons. The average molecular weight is 468 g/mol. The first-order valence-electron chi connectivity index (χ1n) is 9.31. The standard InChI is InChI=1S/C20H20Cl2FN5OS/c1-10-20(30(2,24)29)28-19(25-10)18(12-5-7-15(23)14(22)9-12)27-16-8-6-13(21)17(26-16)11-3-4-11/h5-9,11,18,24H,3-4H2,1-2H3,(H,25,28)(H,26,27). The number of H-pyrrole nitrogens is 1. The van der Waals surface area contributed by atoms with Crippen LogP contribution in [-0.4, -0.2) is 25.4 Å². The number of hydrogen-bond donors (Lipinski definition) is 3. The third-order valence-electron chi connectivity index (χ3n) is 4.91. The van der Waals surface area contributed by atoms with Crippen LogP contribution in [0.5, 0.6) is 0 Å². The molecule has 0 saturated heterocycles. The van der Waals surface area contributed by atoms with E-state index in [0.717, 1.165) is 18.5 Å². The Morgan fingerprint density at radius 2 is 1.97 bits per heavy atom. The second kappa shape index (κ2) is 7.83. The fraction of sp³-hybridized carbons (Fsp3) is 0.300. The third kappa shape index (κ3) is 4.31. The molecule has 1 saturated carbocycles. The summed E-state index contributed by atoms with van der Waals surface area (Å²) in [5, 5.41) is 4.09. The largest absolute Gasteiger partial charge is 0.356 e. The van der Waals surface area contributed by atoms with Crippen molar-refractivity contribution in [3.63, 3.8) is 0 Å². The Hall–Kier alpha value is -2.16. The number of nitrogens with zero attached hydrogens (tertiary/aromatic N) is 2. The molecule has 30 heavy (non-hydrogen) atoms. The topological polar surface area (TPSA) is 94.5 Å². The molecule has 2 unspecified atom stereocenters. The Morgan fingerprint density at radius 1 is 1.23 bits per heavy atom. The van der Waals surface area contributed by atoms with E-state index in [9.17, 15) is 8.60 Å². The van der Waals surface area contributed by atoms with Crippen molar-refractivity contribution in [1.82, 2.24) is 15.0 Å². The van der Waals surface area contributed by atoms with E-state index in [1.165, 1.54) is 18.4 Å². The summed E-state index contributed by atoms with van der Waals surface area (Å²) in [5.74, 6) is 0.838. The van der Waals surface area contributed by atoms with Crippen LogP contribution in [0.1, 0.15) is 47.6 Å². The highest BCUT2D eigenvalue weighted by molar-refractivity contribution is 7.91. The highest BCUT2D eigenvalue weighted by atomic mass is 35.5. The van der Waals surface area contributed by atoms with Crippen LogP contribution < -0.4 is 5.32 Å². The van der Waals surface area contributed by atoms with Crippen LogP contribution in [0, 0.1) is 17.5 Å². The van der Waals surface area contributed by atoms with Crippen molar-refractivity contribution in [2.24, 2.45) is 0 Å². The summed E-state index contributed by atoms with van der Waals surface area (Å²) in [4.78, 5) is 12.2. The number of anilines is 1. The van der Waals surface area contributed by atoms with Gasteiger partial charge in [-0.3, -0.25) is 0 Å². The van der Waals surface area contributed by atoms with E-state index in [0.29, 0.717) is 33.8 Å². The van der Waals surface area contributed by atoms with Crippen molar-refractivity contribution in [2.45, 2.75) is 36.8 Å². The summed E-state index contributed by atoms with van der Waals surface area (Å²) >= 11 is 12.3. The molecule has 1 aliphatic rings. The number of benzene rings is 1. The summed E-state index contributed by atoms with van der Waals surface area (Å²) < 4.78 is 33.9. The van der Waals surface area contributed by atoms with Gasteiger partial charge in [-0.15, -0.1) is 0 Å². The molecular weight excluding hydrogens is 448 g/mol. The number of imidazole rings is 1. The molecule has 0 aliphatic heterocycles. The maximum absolute atomic E-state index is 13.7. The first-order chi connectivity index (χ1) is 14.1. The van der Waals surface area contributed by atoms with Crippen molar-refractivity contribution < 1.29 is 8.60 Å². The second-order valence-corrected chi connectivity index (χ2v) is 10.4. The number of hydrogen-bond acceptors (Lipinski definition) is 5. The van der Waals surface area contributed by atoms with Crippen molar-refractivity contribution >= 4 is 38.7 Å². The van der Waals surface area contributed by atoms with E-state index >= 15 is 0 Å². The minimum atomic E-state index is -3.02. The molecule has 6 nitrogen and oxygen atoms in total. The number of aromatic nitrogens is 3. The van der Waals surface area contributed by atoms with Crippen LogP contribution in [0.15, 0.2) is 35.4 Å². The quantitative estimate of drug-likeness (QED) is 0.434. The normalized spacial score (nSPS) is 16.8. The zero-order chi connectivity index (χ0) is 21.6. The fourth-order valence-corrected chi connectivity index (χ4v) is 4.67. The van der Waals surface area contributed by atoms with Crippen LogP contribution in [0.3, 0.4) is 0 Å². The van der Waals surface area contributed by atoms with Crippen LogP contribution in [0.4, 0.5) is 10.2 Å². The first-order valence-corrected chi connectivity index (χ1v) is 12.0. The number of nitrogens with one attached hydrogen (secondary N) is 3. The van der Waals surface area contributed by atoms with Gasteiger partial charge in [-0.1, -0.05) is 29.3 Å². The molecule has 3 N–H and O–H groups in total. The van der Waals surface area contributed by atoms with E-state index in [1.807, 2.05) is 0 Å². The van der Waals surface area contributed by atoms with Crippen LogP contribution in [0.25, 0.3) is 0 Å². The lowest BCUT2D eigenvalue weighted by atomic mass is 10.1. The van der Waals surface area contributed by atoms with Crippen molar-refractivity contribution in [2.75, 3.05) is 11.6 Å².